The quantitative estimate of drug-likeness (QED) is 0.139. The molecule has 2 heterocycles. The average molecular weight is 679 g/mol. The molecule has 47 heavy (non-hydrogen) atoms. The van der Waals surface area contributed by atoms with E-state index in [1.807, 2.05) is 24.3 Å². The van der Waals surface area contributed by atoms with Crippen LogP contribution in [0.3, 0.4) is 0 Å². The summed E-state index contributed by atoms with van der Waals surface area (Å²) >= 11 is 6.09. The number of methoxy groups -OCH3 is 3. The van der Waals surface area contributed by atoms with Gasteiger partial charge in [-0.05, 0) is 64.5 Å². The molecule has 1 aliphatic heterocycles. The van der Waals surface area contributed by atoms with Crippen LogP contribution in [0.2, 0.25) is 21.6 Å². The van der Waals surface area contributed by atoms with Gasteiger partial charge in [-0.25, -0.2) is 4.39 Å². The first-order chi connectivity index (χ1) is 22.4. The van der Waals surface area contributed by atoms with E-state index in [9.17, 15) is 9.18 Å². The Kier molecular flexibility index (Phi) is 10.1. The number of amides is 1. The zero-order chi connectivity index (χ0) is 34.2. The maximum atomic E-state index is 14.5. The van der Waals surface area contributed by atoms with E-state index >= 15 is 0 Å². The van der Waals surface area contributed by atoms with Crippen LogP contribution in [0.1, 0.15) is 74.2 Å². The van der Waals surface area contributed by atoms with Crippen LogP contribution in [0.25, 0.3) is 10.9 Å². The van der Waals surface area contributed by atoms with Crippen LogP contribution in [0, 0.1) is 5.82 Å². The molecule has 10 heteroatoms. The number of aromatic nitrogens is 1. The smallest absolute Gasteiger partial charge is 0.258 e. The number of pyridine rings is 1. The number of nitrogens with zero attached hydrogens (tertiary/aromatic N) is 2. The Morgan fingerprint density at radius 1 is 0.894 bits per heavy atom. The van der Waals surface area contributed by atoms with Crippen molar-refractivity contribution >= 4 is 36.7 Å². The Hall–Kier alpha value is -3.82. The van der Waals surface area contributed by atoms with Gasteiger partial charge < -0.3 is 23.5 Å². The first kappa shape index (κ1) is 34.5. The van der Waals surface area contributed by atoms with Crippen molar-refractivity contribution in [2.24, 2.45) is 0 Å². The van der Waals surface area contributed by atoms with Crippen LogP contribution in [-0.4, -0.2) is 45.4 Å². The minimum absolute atomic E-state index is 0.0757. The minimum atomic E-state index is -2.53. The van der Waals surface area contributed by atoms with Gasteiger partial charge in [-0.2, -0.15) is 0 Å². The van der Waals surface area contributed by atoms with Crippen LogP contribution >= 0.6 is 11.6 Å². The number of carbonyl (C=O) groups is 1. The molecule has 250 valence electrons. The Labute approximate surface area is 283 Å². The molecule has 0 saturated heterocycles. The van der Waals surface area contributed by atoms with Crippen molar-refractivity contribution in [1.82, 2.24) is 9.88 Å². The summed E-state index contributed by atoms with van der Waals surface area (Å²) < 4.78 is 38.4. The average Bonchev–Trinajstić information content (AvgIpc) is 3.35. The van der Waals surface area contributed by atoms with Gasteiger partial charge in [-0.1, -0.05) is 59.2 Å². The molecule has 0 unspecified atom stereocenters. The summed E-state index contributed by atoms with van der Waals surface area (Å²) in [7, 11) is 2.31. The van der Waals surface area contributed by atoms with E-state index < -0.39 is 14.1 Å². The molecular weight excluding hydrogens is 635 g/mol. The van der Waals surface area contributed by atoms with E-state index in [4.69, 9.17) is 35.2 Å². The third-order valence-corrected chi connectivity index (χ3v) is 15.8. The molecule has 0 saturated carbocycles. The Morgan fingerprint density at radius 2 is 1.60 bits per heavy atom. The second-order valence-corrected chi connectivity index (χ2v) is 18.9. The Bertz CT molecular complexity index is 1790. The SMILES string of the molecule is COc1ccc(CN2Cc3c(c(O[Si](C(C)C)(C(C)C)C(C)C)c4ncc(Cc5ccc(F)c(Cl)c5)cc4c3OC)C2=O)c(OC)c1. The van der Waals surface area contributed by atoms with Gasteiger partial charge in [0.15, 0.2) is 0 Å². The lowest BCUT2D eigenvalue weighted by Gasteiger charge is -2.42. The molecule has 4 aromatic rings. The van der Waals surface area contributed by atoms with E-state index in [0.29, 0.717) is 53.6 Å². The maximum absolute atomic E-state index is 14.5. The van der Waals surface area contributed by atoms with Crippen LogP contribution in [0.5, 0.6) is 23.0 Å². The van der Waals surface area contributed by atoms with E-state index in [1.54, 1.807) is 44.6 Å². The predicted molar refractivity (Wildman–Crippen MR) is 187 cm³/mol. The lowest BCUT2D eigenvalue weighted by Crippen LogP contribution is -2.51. The van der Waals surface area contributed by atoms with E-state index in [1.165, 1.54) is 6.07 Å². The molecule has 0 N–H and O–H groups in total. The zero-order valence-electron chi connectivity index (χ0n) is 28.7. The van der Waals surface area contributed by atoms with Gasteiger partial charge in [0.25, 0.3) is 14.2 Å². The highest BCUT2D eigenvalue weighted by Crippen LogP contribution is 2.50. The van der Waals surface area contributed by atoms with Crippen LogP contribution < -0.4 is 18.6 Å². The molecule has 0 spiro atoms. The normalized spacial score (nSPS) is 13.2. The molecule has 1 aliphatic rings. The first-order valence-electron chi connectivity index (χ1n) is 16.0. The summed E-state index contributed by atoms with van der Waals surface area (Å²) in [5.41, 5.74) is 5.30. The van der Waals surface area contributed by atoms with Gasteiger partial charge in [0.1, 0.15) is 34.3 Å². The molecule has 0 fully saturated rings. The molecule has 3 aromatic carbocycles. The van der Waals surface area contributed by atoms with Crippen molar-refractivity contribution in [1.29, 1.82) is 0 Å². The summed E-state index contributed by atoms with van der Waals surface area (Å²) in [6.45, 7) is 14.0. The summed E-state index contributed by atoms with van der Waals surface area (Å²) in [5.74, 6) is 1.84. The maximum Gasteiger partial charge on any atom is 0.258 e. The standard InChI is InChI=1S/C37H44ClFN2O5Si/c1-21(2)47(22(3)4,23(5)6)46-36-33-29(20-41(37(33)42)19-26-11-12-27(43-7)17-32(26)44-8)35(45-9)28-15-25(18-40-34(28)36)14-24-10-13-31(39)30(38)16-24/h10-13,15-18,21-23H,14,19-20H2,1-9H3. The molecule has 0 radical (unpaired) electrons. The summed E-state index contributed by atoms with van der Waals surface area (Å²) in [4.78, 5) is 21.2. The highest BCUT2D eigenvalue weighted by atomic mass is 35.5. The molecule has 7 nitrogen and oxygen atoms in total. The number of halogens is 2. The first-order valence-corrected chi connectivity index (χ1v) is 18.5. The summed E-state index contributed by atoms with van der Waals surface area (Å²) in [6, 6.07) is 12.4. The van der Waals surface area contributed by atoms with Gasteiger partial charge >= 0.3 is 0 Å². The second kappa shape index (κ2) is 13.7. The highest BCUT2D eigenvalue weighted by Gasteiger charge is 2.49. The predicted octanol–water partition coefficient (Wildman–Crippen LogP) is 9.35. The molecule has 0 bridgehead atoms. The third kappa shape index (κ3) is 6.27. The molecule has 0 atom stereocenters. The lowest BCUT2D eigenvalue weighted by molar-refractivity contribution is 0.0764. The van der Waals surface area contributed by atoms with E-state index in [0.717, 1.165) is 27.6 Å². The van der Waals surface area contributed by atoms with Gasteiger partial charge in [0, 0.05) is 35.3 Å². The molecule has 1 aromatic heterocycles. The number of ether oxygens (including phenoxy) is 3. The Morgan fingerprint density at radius 3 is 2.19 bits per heavy atom. The van der Waals surface area contributed by atoms with Gasteiger partial charge in [0.05, 0.1) is 38.5 Å². The van der Waals surface area contributed by atoms with Crippen molar-refractivity contribution in [3.63, 3.8) is 0 Å². The highest BCUT2D eigenvalue weighted by molar-refractivity contribution is 6.78. The van der Waals surface area contributed by atoms with Crippen molar-refractivity contribution in [3.05, 3.63) is 87.3 Å². The molecule has 5 rings (SSSR count). The van der Waals surface area contributed by atoms with Crippen LogP contribution in [0.15, 0.2) is 48.7 Å². The minimum Gasteiger partial charge on any atom is -0.541 e. The fourth-order valence-electron chi connectivity index (χ4n) is 7.35. The van der Waals surface area contributed by atoms with Crippen LogP contribution in [0.4, 0.5) is 4.39 Å². The lowest BCUT2D eigenvalue weighted by atomic mass is 9.99. The molecule has 1 amide bonds. The zero-order valence-corrected chi connectivity index (χ0v) is 30.4. The van der Waals surface area contributed by atoms with E-state index in [2.05, 4.69) is 41.5 Å². The largest absolute Gasteiger partial charge is 0.541 e. The van der Waals surface area contributed by atoms with Crippen LogP contribution in [-0.2, 0) is 19.5 Å². The number of carbonyl (C=O) groups excluding carboxylic acids is 1. The van der Waals surface area contributed by atoms with Crippen molar-refractivity contribution < 1.29 is 27.8 Å². The second-order valence-electron chi connectivity index (χ2n) is 13.1. The van der Waals surface area contributed by atoms with Gasteiger partial charge in [-0.15, -0.1) is 0 Å². The number of benzene rings is 3. The number of fused-ring (bicyclic) bond motifs is 2. The monoisotopic (exact) mass is 678 g/mol. The van der Waals surface area contributed by atoms with Crippen molar-refractivity contribution in [3.8, 4) is 23.0 Å². The number of rotatable bonds is 12. The number of hydrogen-bond donors (Lipinski definition) is 0. The fraction of sp³-hybridized carbons (Fsp3) is 0.405. The fourth-order valence-corrected chi connectivity index (χ4v) is 12.8. The van der Waals surface area contributed by atoms with Gasteiger partial charge in [-0.3, -0.25) is 9.78 Å². The third-order valence-electron chi connectivity index (χ3n) is 9.49. The molecular formula is C37H44ClFN2O5Si. The summed E-state index contributed by atoms with van der Waals surface area (Å²) in [6.07, 6.45) is 2.28. The van der Waals surface area contributed by atoms with Gasteiger partial charge in [0.2, 0.25) is 0 Å². The van der Waals surface area contributed by atoms with E-state index in [-0.39, 0.29) is 27.6 Å². The Balaban J connectivity index is 1.69. The molecule has 0 aliphatic carbocycles. The summed E-state index contributed by atoms with van der Waals surface area (Å²) in [5, 5.41) is 0.842. The van der Waals surface area contributed by atoms with Crippen molar-refractivity contribution in [2.75, 3.05) is 21.3 Å². The van der Waals surface area contributed by atoms with Crippen molar-refractivity contribution in [2.45, 2.75) is 77.7 Å². The topological polar surface area (TPSA) is 70.1 Å². The number of hydrogen-bond acceptors (Lipinski definition) is 6.